The Bertz CT molecular complexity index is 526. The summed E-state index contributed by atoms with van der Waals surface area (Å²) in [5, 5.41) is 0. The van der Waals surface area contributed by atoms with Crippen LogP contribution in [0.1, 0.15) is 24.2 Å². The van der Waals surface area contributed by atoms with Gasteiger partial charge in [-0.05, 0) is 38.1 Å². The van der Waals surface area contributed by atoms with Crippen molar-refractivity contribution in [2.24, 2.45) is 5.73 Å². The number of rotatable bonds is 7. The fraction of sp³-hybridized carbons (Fsp3) is 0.500. The molecule has 0 radical (unpaired) electrons. The zero-order valence-electron chi connectivity index (χ0n) is 13.1. The number of hydrogen-bond acceptors (Lipinski definition) is 5. The number of amides is 1. The molecule has 6 nitrogen and oxygen atoms in total. The van der Waals surface area contributed by atoms with E-state index in [0.717, 1.165) is 18.8 Å². The monoisotopic (exact) mass is 305 g/mol. The molecule has 22 heavy (non-hydrogen) atoms. The molecule has 1 aliphatic heterocycles. The highest BCUT2D eigenvalue weighted by Crippen LogP contribution is 2.16. The molecule has 1 aromatic rings. The fourth-order valence-electron chi connectivity index (χ4n) is 2.54. The minimum Gasteiger partial charge on any atom is -0.443 e. The lowest BCUT2D eigenvalue weighted by atomic mass is 10.1. The largest absolute Gasteiger partial charge is 0.443 e. The maximum atomic E-state index is 12.3. The topological polar surface area (TPSA) is 75.9 Å². The number of anilines is 1. The van der Waals surface area contributed by atoms with Crippen molar-refractivity contribution in [3.05, 3.63) is 29.8 Å². The number of carbonyl (C=O) groups is 2. The van der Waals surface area contributed by atoms with E-state index in [1.165, 1.54) is 4.90 Å². The third-order valence-electron chi connectivity index (χ3n) is 3.86. The van der Waals surface area contributed by atoms with E-state index in [1.54, 1.807) is 12.1 Å². The van der Waals surface area contributed by atoms with Crippen LogP contribution in [-0.2, 0) is 4.74 Å². The highest BCUT2D eigenvalue weighted by atomic mass is 16.6. The minimum absolute atomic E-state index is 0.0277. The van der Waals surface area contributed by atoms with Crippen LogP contribution in [0.4, 0.5) is 10.5 Å². The van der Waals surface area contributed by atoms with Crippen LogP contribution in [-0.4, -0.2) is 55.6 Å². The summed E-state index contributed by atoms with van der Waals surface area (Å²) in [6.45, 7) is 6.70. The SMILES string of the molecule is CCN(CC)c1ccc(C(=O)CN2C[C@@H](CN)OC2=O)cc1. The Hall–Kier alpha value is -2.08. The average molecular weight is 305 g/mol. The van der Waals surface area contributed by atoms with Crippen LogP contribution in [0, 0.1) is 0 Å². The minimum atomic E-state index is -0.469. The van der Waals surface area contributed by atoms with Crippen molar-refractivity contribution >= 4 is 17.6 Å². The first-order valence-electron chi connectivity index (χ1n) is 7.62. The maximum absolute atomic E-state index is 12.3. The molecule has 1 heterocycles. The van der Waals surface area contributed by atoms with Crippen LogP contribution in [0.5, 0.6) is 0 Å². The van der Waals surface area contributed by atoms with Gasteiger partial charge in [0.05, 0.1) is 13.1 Å². The Morgan fingerprint density at radius 3 is 2.45 bits per heavy atom. The molecule has 1 aromatic carbocycles. The molecule has 0 unspecified atom stereocenters. The summed E-state index contributed by atoms with van der Waals surface area (Å²) in [6, 6.07) is 7.48. The van der Waals surface area contributed by atoms with Gasteiger partial charge in [0.25, 0.3) is 0 Å². The predicted molar refractivity (Wildman–Crippen MR) is 85.2 cm³/mol. The van der Waals surface area contributed by atoms with E-state index < -0.39 is 6.09 Å². The molecule has 1 saturated heterocycles. The van der Waals surface area contributed by atoms with Crippen molar-refractivity contribution in [3.8, 4) is 0 Å². The van der Waals surface area contributed by atoms with Gasteiger partial charge in [-0.25, -0.2) is 4.79 Å². The first kappa shape index (κ1) is 16.3. The summed E-state index contributed by atoms with van der Waals surface area (Å²) in [7, 11) is 0. The number of hydrogen-bond donors (Lipinski definition) is 1. The third kappa shape index (κ3) is 3.57. The Balaban J connectivity index is 2.00. The Kier molecular flexibility index (Phi) is 5.38. The molecule has 1 fully saturated rings. The number of nitrogens with two attached hydrogens (primary N) is 1. The van der Waals surface area contributed by atoms with Crippen LogP contribution in [0.15, 0.2) is 24.3 Å². The Morgan fingerprint density at radius 1 is 1.32 bits per heavy atom. The van der Waals surface area contributed by atoms with Gasteiger partial charge in [0.2, 0.25) is 0 Å². The number of benzene rings is 1. The normalized spacial score (nSPS) is 17.5. The third-order valence-corrected chi connectivity index (χ3v) is 3.86. The van der Waals surface area contributed by atoms with E-state index in [0.29, 0.717) is 12.1 Å². The van der Waals surface area contributed by atoms with Crippen molar-refractivity contribution in [3.63, 3.8) is 0 Å². The van der Waals surface area contributed by atoms with Crippen LogP contribution in [0.3, 0.4) is 0 Å². The van der Waals surface area contributed by atoms with Crippen LogP contribution in [0.25, 0.3) is 0 Å². The number of ether oxygens (including phenoxy) is 1. The first-order valence-corrected chi connectivity index (χ1v) is 7.62. The molecule has 0 spiro atoms. The molecule has 0 saturated carbocycles. The van der Waals surface area contributed by atoms with Gasteiger partial charge < -0.3 is 15.4 Å². The average Bonchev–Trinajstić information content (AvgIpc) is 2.89. The second kappa shape index (κ2) is 7.26. The second-order valence-electron chi connectivity index (χ2n) is 5.26. The fourth-order valence-corrected chi connectivity index (χ4v) is 2.54. The molecule has 120 valence electrons. The van der Waals surface area contributed by atoms with Gasteiger partial charge >= 0.3 is 6.09 Å². The summed E-state index contributed by atoms with van der Waals surface area (Å²) in [6.07, 6.45) is -0.783. The molecular formula is C16H23N3O3. The summed E-state index contributed by atoms with van der Waals surface area (Å²) in [5.41, 5.74) is 7.16. The van der Waals surface area contributed by atoms with Crippen molar-refractivity contribution in [1.29, 1.82) is 0 Å². The van der Waals surface area contributed by atoms with Crippen molar-refractivity contribution in [2.75, 3.05) is 37.6 Å². The van der Waals surface area contributed by atoms with Gasteiger partial charge in [-0.3, -0.25) is 9.69 Å². The van der Waals surface area contributed by atoms with E-state index in [9.17, 15) is 9.59 Å². The summed E-state index contributed by atoms with van der Waals surface area (Å²) in [4.78, 5) is 27.5. The van der Waals surface area contributed by atoms with E-state index in [1.807, 2.05) is 12.1 Å². The van der Waals surface area contributed by atoms with Crippen LogP contribution < -0.4 is 10.6 Å². The maximum Gasteiger partial charge on any atom is 0.410 e. The molecule has 1 amide bonds. The van der Waals surface area contributed by atoms with Crippen molar-refractivity contribution in [2.45, 2.75) is 20.0 Å². The number of nitrogens with zero attached hydrogens (tertiary/aromatic N) is 2. The molecule has 0 aromatic heterocycles. The molecule has 2 N–H and O–H groups in total. The lowest BCUT2D eigenvalue weighted by Gasteiger charge is -2.21. The number of carbonyl (C=O) groups excluding carboxylic acids is 2. The van der Waals surface area contributed by atoms with Gasteiger partial charge in [0, 0.05) is 30.9 Å². The van der Waals surface area contributed by atoms with Crippen molar-refractivity contribution < 1.29 is 14.3 Å². The smallest absolute Gasteiger partial charge is 0.410 e. The Labute approximate surface area is 130 Å². The Morgan fingerprint density at radius 2 is 1.95 bits per heavy atom. The van der Waals surface area contributed by atoms with Gasteiger partial charge in [0.1, 0.15) is 6.10 Å². The van der Waals surface area contributed by atoms with Crippen molar-refractivity contribution in [1.82, 2.24) is 4.90 Å². The molecule has 1 aliphatic rings. The molecule has 1 atom stereocenters. The second-order valence-corrected chi connectivity index (χ2v) is 5.26. The lowest BCUT2D eigenvalue weighted by molar-refractivity contribution is 0.0941. The highest BCUT2D eigenvalue weighted by molar-refractivity contribution is 5.99. The number of cyclic esters (lactones) is 1. The molecule has 2 rings (SSSR count). The van der Waals surface area contributed by atoms with Crippen LogP contribution >= 0.6 is 0 Å². The van der Waals surface area contributed by atoms with Crippen LogP contribution in [0.2, 0.25) is 0 Å². The van der Waals surface area contributed by atoms with E-state index in [4.69, 9.17) is 10.5 Å². The van der Waals surface area contributed by atoms with E-state index in [2.05, 4.69) is 18.7 Å². The molecule has 0 aliphatic carbocycles. The molecular weight excluding hydrogens is 282 g/mol. The van der Waals surface area contributed by atoms with Gasteiger partial charge in [-0.2, -0.15) is 0 Å². The van der Waals surface area contributed by atoms with Gasteiger partial charge in [0.15, 0.2) is 5.78 Å². The number of Topliss-reactive ketones (excluding diaryl/α,β-unsaturated/α-hetero) is 1. The summed E-state index contributed by atoms with van der Waals surface area (Å²) in [5.74, 6) is -0.0966. The summed E-state index contributed by atoms with van der Waals surface area (Å²) < 4.78 is 5.04. The van der Waals surface area contributed by atoms with E-state index in [-0.39, 0.29) is 25.0 Å². The highest BCUT2D eigenvalue weighted by Gasteiger charge is 2.31. The first-order chi connectivity index (χ1) is 10.6. The quantitative estimate of drug-likeness (QED) is 0.773. The zero-order chi connectivity index (χ0) is 16.1. The van der Waals surface area contributed by atoms with E-state index >= 15 is 0 Å². The standard InChI is InChI=1S/C16H23N3O3/c1-3-18(4-2)13-7-5-12(6-8-13)15(20)11-19-10-14(9-17)22-16(19)21/h5-8,14H,3-4,9-11,17H2,1-2H3/t14-/m1/s1. The lowest BCUT2D eigenvalue weighted by Crippen LogP contribution is -2.32. The molecule has 6 heteroatoms. The number of ketones is 1. The van der Waals surface area contributed by atoms with Gasteiger partial charge in [-0.1, -0.05) is 0 Å². The zero-order valence-corrected chi connectivity index (χ0v) is 13.1. The molecule has 0 bridgehead atoms. The summed E-state index contributed by atoms with van der Waals surface area (Å²) >= 11 is 0. The van der Waals surface area contributed by atoms with Gasteiger partial charge in [-0.15, -0.1) is 0 Å². The predicted octanol–water partition coefficient (Wildman–Crippen LogP) is 1.49.